The van der Waals surface area contributed by atoms with Crippen LogP contribution in [0.3, 0.4) is 0 Å². The van der Waals surface area contributed by atoms with Crippen molar-refractivity contribution in [2.24, 2.45) is 11.5 Å². The van der Waals surface area contributed by atoms with E-state index in [-0.39, 0.29) is 45.7 Å². The maximum atomic E-state index is 13.6. The normalized spacial score (nSPS) is 23.4. The molecule has 0 amide bonds. The second-order valence-electron chi connectivity index (χ2n) is 10.3. The fourth-order valence-corrected chi connectivity index (χ4v) is 5.14. The van der Waals surface area contributed by atoms with Gasteiger partial charge in [-0.05, 0) is 42.3 Å². The maximum Gasteiger partial charge on any atom is 0.308 e. The number of rotatable bonds is 6. The lowest BCUT2D eigenvalue weighted by Crippen LogP contribution is -2.58. The summed E-state index contributed by atoms with van der Waals surface area (Å²) in [5, 5.41) is 42.5. The van der Waals surface area contributed by atoms with Gasteiger partial charge in [-0.15, -0.1) is 0 Å². The number of benzene rings is 3. The van der Waals surface area contributed by atoms with Gasteiger partial charge in [0.2, 0.25) is 6.29 Å². The summed E-state index contributed by atoms with van der Waals surface area (Å²) in [4.78, 5) is 38.7. The van der Waals surface area contributed by atoms with Gasteiger partial charge in [-0.3, -0.25) is 14.4 Å². The minimum atomic E-state index is -1.69. The number of hydrogen-bond donors (Lipinski definition) is 6. The van der Waals surface area contributed by atoms with Gasteiger partial charge in [0.1, 0.15) is 35.6 Å². The topological polar surface area (TPSA) is 212 Å². The van der Waals surface area contributed by atoms with Gasteiger partial charge in [0, 0.05) is 35.6 Å². The van der Waals surface area contributed by atoms with Crippen LogP contribution in [-0.2, 0) is 16.0 Å². The van der Waals surface area contributed by atoms with Crippen LogP contribution in [-0.4, -0.2) is 68.7 Å². The quantitative estimate of drug-likeness (QED) is 0.107. The molecule has 1 aliphatic heterocycles. The van der Waals surface area contributed by atoms with Crippen molar-refractivity contribution in [3.05, 3.63) is 87.5 Å². The smallest absolute Gasteiger partial charge is 0.308 e. The number of esters is 1. The molecular formula is C30H30N2O10. The Morgan fingerprint density at radius 2 is 1.69 bits per heavy atom. The average molecular weight is 579 g/mol. The molecule has 12 heteroatoms. The van der Waals surface area contributed by atoms with Gasteiger partial charge in [-0.2, -0.15) is 0 Å². The first-order valence-corrected chi connectivity index (χ1v) is 13.1. The molecule has 1 heterocycles. The van der Waals surface area contributed by atoms with Gasteiger partial charge < -0.3 is 46.1 Å². The molecule has 42 heavy (non-hydrogen) atoms. The second-order valence-corrected chi connectivity index (χ2v) is 10.3. The molecular weight excluding hydrogens is 548 g/mol. The number of carbonyl (C=O) groups excluding carboxylic acids is 3. The molecule has 12 nitrogen and oxygen atoms in total. The molecule has 0 spiro atoms. The highest BCUT2D eigenvalue weighted by Gasteiger charge is 2.44. The van der Waals surface area contributed by atoms with Crippen LogP contribution in [0.15, 0.2) is 48.5 Å². The second kappa shape index (κ2) is 11.2. The number of aromatic hydroxyl groups is 1. The SMILES string of the molecule is CC(=O)Oc1ccc2c(c1)C(=O)c1cc(O[C@H]3O[C@@H](C)[C@@H](O)[C@@H](O)[C@H]3O)c(Cc3cccc(C(N)N)c3)c(O)c1C2=O. The summed E-state index contributed by atoms with van der Waals surface area (Å²) in [5.41, 5.74) is 12.5. The molecule has 5 rings (SSSR count). The van der Waals surface area contributed by atoms with Crippen molar-refractivity contribution in [3.8, 4) is 17.2 Å². The zero-order chi connectivity index (χ0) is 30.5. The van der Waals surface area contributed by atoms with E-state index in [1.54, 1.807) is 24.3 Å². The van der Waals surface area contributed by atoms with E-state index < -0.39 is 60.2 Å². The van der Waals surface area contributed by atoms with Gasteiger partial charge >= 0.3 is 5.97 Å². The first-order chi connectivity index (χ1) is 19.9. The highest BCUT2D eigenvalue weighted by atomic mass is 16.7. The molecule has 0 unspecified atom stereocenters. The average Bonchev–Trinajstić information content (AvgIpc) is 2.94. The molecule has 1 fully saturated rings. The monoisotopic (exact) mass is 578 g/mol. The minimum absolute atomic E-state index is 0.00592. The summed E-state index contributed by atoms with van der Waals surface area (Å²) < 4.78 is 16.6. The number of phenolic OH excluding ortho intramolecular Hbond substituents is 1. The Morgan fingerprint density at radius 3 is 2.38 bits per heavy atom. The Bertz CT molecular complexity index is 1590. The number of aliphatic hydroxyl groups excluding tert-OH is 3. The summed E-state index contributed by atoms with van der Waals surface area (Å²) >= 11 is 0. The summed E-state index contributed by atoms with van der Waals surface area (Å²) in [7, 11) is 0. The van der Waals surface area contributed by atoms with Crippen LogP contribution in [0.4, 0.5) is 0 Å². The fourth-order valence-electron chi connectivity index (χ4n) is 5.14. The Morgan fingerprint density at radius 1 is 0.952 bits per heavy atom. The molecule has 0 aromatic heterocycles. The van der Waals surface area contributed by atoms with E-state index in [1.165, 1.54) is 38.1 Å². The molecule has 1 aliphatic carbocycles. The maximum absolute atomic E-state index is 13.6. The van der Waals surface area contributed by atoms with Crippen LogP contribution < -0.4 is 20.9 Å². The molecule has 220 valence electrons. The van der Waals surface area contributed by atoms with Crippen molar-refractivity contribution in [1.82, 2.24) is 0 Å². The van der Waals surface area contributed by atoms with Crippen LogP contribution >= 0.6 is 0 Å². The third kappa shape index (κ3) is 5.27. The molecule has 1 saturated heterocycles. The molecule has 2 aliphatic rings. The lowest BCUT2D eigenvalue weighted by atomic mass is 9.81. The number of fused-ring (bicyclic) bond motifs is 2. The number of aliphatic hydroxyl groups is 3. The summed E-state index contributed by atoms with van der Waals surface area (Å²) in [5.74, 6) is -2.49. The third-order valence-electron chi connectivity index (χ3n) is 7.35. The van der Waals surface area contributed by atoms with Gasteiger partial charge in [-0.25, -0.2) is 0 Å². The fraction of sp³-hybridized carbons (Fsp3) is 0.300. The third-order valence-corrected chi connectivity index (χ3v) is 7.35. The van der Waals surface area contributed by atoms with Crippen LogP contribution in [0.1, 0.15) is 68.5 Å². The van der Waals surface area contributed by atoms with E-state index in [4.69, 9.17) is 25.7 Å². The van der Waals surface area contributed by atoms with Gasteiger partial charge in [-0.1, -0.05) is 24.3 Å². The molecule has 5 atom stereocenters. The Hall–Kier alpha value is -4.17. The number of ketones is 2. The summed E-state index contributed by atoms with van der Waals surface area (Å²) in [6.45, 7) is 2.67. The van der Waals surface area contributed by atoms with Crippen molar-refractivity contribution in [3.63, 3.8) is 0 Å². The van der Waals surface area contributed by atoms with E-state index in [9.17, 15) is 34.8 Å². The minimum Gasteiger partial charge on any atom is -0.507 e. The van der Waals surface area contributed by atoms with Crippen molar-refractivity contribution in [1.29, 1.82) is 0 Å². The van der Waals surface area contributed by atoms with Crippen molar-refractivity contribution in [2.75, 3.05) is 0 Å². The van der Waals surface area contributed by atoms with Gasteiger partial charge in [0.25, 0.3) is 0 Å². The van der Waals surface area contributed by atoms with Gasteiger partial charge in [0.15, 0.2) is 11.6 Å². The predicted octanol–water partition coefficient (Wildman–Crippen LogP) is 0.806. The molecule has 3 aromatic rings. The molecule has 0 saturated carbocycles. The van der Waals surface area contributed by atoms with Crippen LogP contribution in [0.2, 0.25) is 0 Å². The zero-order valence-corrected chi connectivity index (χ0v) is 22.7. The zero-order valence-electron chi connectivity index (χ0n) is 22.7. The van der Waals surface area contributed by atoms with Gasteiger partial charge in [0.05, 0.1) is 17.8 Å². The Kier molecular flexibility index (Phi) is 7.86. The number of ether oxygens (including phenoxy) is 3. The largest absolute Gasteiger partial charge is 0.507 e. The van der Waals surface area contributed by atoms with E-state index >= 15 is 0 Å². The summed E-state index contributed by atoms with van der Waals surface area (Å²) in [6, 6.07) is 12.1. The Balaban J connectivity index is 1.64. The number of carbonyl (C=O) groups is 3. The molecule has 0 radical (unpaired) electrons. The lowest BCUT2D eigenvalue weighted by Gasteiger charge is -2.39. The Labute approximate surface area is 240 Å². The van der Waals surface area contributed by atoms with Crippen LogP contribution in [0, 0.1) is 0 Å². The van der Waals surface area contributed by atoms with Crippen molar-refractivity contribution >= 4 is 17.5 Å². The predicted molar refractivity (Wildman–Crippen MR) is 146 cm³/mol. The number of phenols is 1. The van der Waals surface area contributed by atoms with Crippen LogP contribution in [0.5, 0.6) is 17.2 Å². The van der Waals surface area contributed by atoms with E-state index in [0.29, 0.717) is 11.1 Å². The lowest BCUT2D eigenvalue weighted by molar-refractivity contribution is -0.268. The van der Waals surface area contributed by atoms with Crippen LogP contribution in [0.25, 0.3) is 0 Å². The standard InChI is InChI=1S/C30H30N2O10/c1-12-23(34)27(38)28(39)30(40-12)42-21-11-20-22(26(37)19(21)9-14-4-3-5-15(8-14)29(31)32)25(36)17-7-6-16(41-13(2)33)10-18(17)24(20)35/h3-8,10-12,23,27-30,34,37-39H,9,31-32H2,1-2H3/t12-,23+,27+,28+,30+/m0/s1. The van der Waals surface area contributed by atoms with Crippen molar-refractivity contribution < 1.29 is 49.0 Å². The molecule has 3 aromatic carbocycles. The number of nitrogens with two attached hydrogens (primary N) is 2. The van der Waals surface area contributed by atoms with E-state index in [0.717, 1.165) is 0 Å². The first-order valence-electron chi connectivity index (χ1n) is 13.1. The highest BCUT2D eigenvalue weighted by molar-refractivity contribution is 6.29. The summed E-state index contributed by atoms with van der Waals surface area (Å²) in [6.07, 6.45) is -7.91. The van der Waals surface area contributed by atoms with E-state index in [2.05, 4.69) is 0 Å². The first kappa shape index (κ1) is 29.3. The number of hydrogen-bond acceptors (Lipinski definition) is 12. The highest BCUT2D eigenvalue weighted by Crippen LogP contribution is 2.42. The van der Waals surface area contributed by atoms with Crippen molar-refractivity contribution in [2.45, 2.75) is 57.1 Å². The molecule has 8 N–H and O–H groups in total. The van der Waals surface area contributed by atoms with E-state index in [1.807, 2.05) is 0 Å². The molecule has 0 bridgehead atoms.